The van der Waals surface area contributed by atoms with Crippen LogP contribution in [-0.2, 0) is 5.41 Å². The second kappa shape index (κ2) is 9.13. The van der Waals surface area contributed by atoms with Gasteiger partial charge < -0.3 is 21.5 Å². The maximum atomic E-state index is 10.6. The van der Waals surface area contributed by atoms with E-state index in [0.717, 1.165) is 41.9 Å². The molecule has 5 rings (SSSR count). The van der Waals surface area contributed by atoms with Crippen molar-refractivity contribution in [1.29, 1.82) is 5.26 Å². The zero-order valence-corrected chi connectivity index (χ0v) is 21.4. The summed E-state index contributed by atoms with van der Waals surface area (Å²) in [4.78, 5) is 0. The number of hydrogen-bond acceptors (Lipinski definition) is 1. The quantitative estimate of drug-likeness (QED) is 0.302. The van der Waals surface area contributed by atoms with Gasteiger partial charge in [0.05, 0.1) is 25.1 Å². The Labute approximate surface area is 208 Å². The zero-order valence-electron chi connectivity index (χ0n) is 19.0. The molecule has 32 heavy (non-hydrogen) atoms. The van der Waals surface area contributed by atoms with Gasteiger partial charge in [0.25, 0.3) is 0 Å². The Morgan fingerprint density at radius 3 is 2.16 bits per heavy atom. The molecule has 0 N–H and O–H groups in total. The molecule has 0 aromatic heterocycles. The lowest BCUT2D eigenvalue weighted by Gasteiger charge is -2.71. The van der Waals surface area contributed by atoms with E-state index in [9.17, 15) is 5.26 Å². The Morgan fingerprint density at radius 1 is 1.03 bits per heavy atom. The van der Waals surface area contributed by atoms with Crippen LogP contribution in [0.2, 0.25) is 0 Å². The third-order valence-electron chi connectivity index (χ3n) is 9.20. The minimum Gasteiger partial charge on any atom is -1.00 e. The van der Waals surface area contributed by atoms with Crippen LogP contribution in [-0.4, -0.2) is 36.0 Å². The molecule has 2 aromatic rings. The topological polar surface area (TPSA) is 23.8 Å². The molecule has 4 heteroatoms. The fourth-order valence-corrected chi connectivity index (χ4v) is 8.08. The normalized spacial score (nSPS) is 32.5. The summed E-state index contributed by atoms with van der Waals surface area (Å²) >= 11 is 5.97. The van der Waals surface area contributed by atoms with Gasteiger partial charge in [-0.15, -0.1) is 11.6 Å². The Balaban J connectivity index is 0.00000245. The number of hydrogen-bond donors (Lipinski definition) is 0. The van der Waals surface area contributed by atoms with Crippen molar-refractivity contribution in [3.05, 3.63) is 71.8 Å². The van der Waals surface area contributed by atoms with E-state index in [1.165, 1.54) is 43.1 Å². The molecule has 1 aliphatic heterocycles. The summed E-state index contributed by atoms with van der Waals surface area (Å²) in [5.41, 5.74) is 2.29. The van der Waals surface area contributed by atoms with Crippen molar-refractivity contribution in [3.8, 4) is 6.07 Å². The number of unbranched alkanes of at least 4 members (excludes halogenated alkanes) is 1. The standard InChI is InChI=1S/C28H34ClN2.BrH/c1-31(17-9-8-16-29)25-14-15-27(25)19-22(18-26(27)31)20-28(21-30,23-10-4-2-5-11-23)24-12-6-3-7-13-24;/h2-7,10-13,22,25-26H,8-9,14-20H2,1H3;1H/q+1;/p-1/t22-,25-,26-,27?,31?;/m0./s1. The average molecular weight is 514 g/mol. The molecule has 1 heterocycles. The van der Waals surface area contributed by atoms with E-state index in [1.54, 1.807) is 0 Å². The van der Waals surface area contributed by atoms with Gasteiger partial charge in [-0.05, 0) is 49.1 Å². The van der Waals surface area contributed by atoms with E-state index in [2.05, 4.69) is 61.6 Å². The van der Waals surface area contributed by atoms with Gasteiger partial charge in [-0.25, -0.2) is 0 Å². The van der Waals surface area contributed by atoms with E-state index < -0.39 is 5.41 Å². The highest BCUT2D eigenvalue weighted by atomic mass is 79.9. The van der Waals surface area contributed by atoms with Crippen LogP contribution in [0, 0.1) is 22.7 Å². The molecule has 2 unspecified atom stereocenters. The molecule has 1 spiro atoms. The Morgan fingerprint density at radius 2 is 1.66 bits per heavy atom. The number of nitriles is 1. The van der Waals surface area contributed by atoms with Crippen LogP contribution < -0.4 is 17.0 Å². The summed E-state index contributed by atoms with van der Waals surface area (Å²) in [6, 6.07) is 25.5. The second-order valence-electron chi connectivity index (χ2n) is 10.5. The lowest BCUT2D eigenvalue weighted by Crippen LogP contribution is -3.00. The fraction of sp³-hybridized carbons (Fsp3) is 0.536. The number of quaternary nitrogens is 1. The molecule has 1 saturated heterocycles. The fourth-order valence-electron chi connectivity index (χ4n) is 7.89. The van der Waals surface area contributed by atoms with Crippen molar-refractivity contribution in [2.24, 2.45) is 11.3 Å². The van der Waals surface area contributed by atoms with Crippen LogP contribution in [0.5, 0.6) is 0 Å². The number of likely N-dealkylation sites (tertiary alicyclic amines) is 1. The smallest absolute Gasteiger partial charge is 0.107 e. The van der Waals surface area contributed by atoms with Crippen molar-refractivity contribution in [1.82, 2.24) is 0 Å². The van der Waals surface area contributed by atoms with E-state index in [4.69, 9.17) is 11.6 Å². The van der Waals surface area contributed by atoms with Crippen LogP contribution in [0.1, 0.15) is 56.1 Å². The molecular weight excluding hydrogens is 480 g/mol. The van der Waals surface area contributed by atoms with Gasteiger partial charge in [-0.1, -0.05) is 60.7 Å². The Kier molecular flexibility index (Phi) is 6.79. The maximum Gasteiger partial charge on any atom is 0.107 e. The van der Waals surface area contributed by atoms with E-state index in [-0.39, 0.29) is 17.0 Å². The molecule has 170 valence electrons. The van der Waals surface area contributed by atoms with Crippen molar-refractivity contribution >= 4 is 11.6 Å². The van der Waals surface area contributed by atoms with Crippen LogP contribution in [0.3, 0.4) is 0 Å². The minimum atomic E-state index is -0.561. The van der Waals surface area contributed by atoms with E-state index >= 15 is 0 Å². The first kappa shape index (κ1) is 23.8. The summed E-state index contributed by atoms with van der Waals surface area (Å²) < 4.78 is 1.27. The molecule has 2 aromatic carbocycles. The van der Waals surface area contributed by atoms with Gasteiger partial charge in [0.1, 0.15) is 17.5 Å². The zero-order chi connectivity index (χ0) is 21.5. The number of benzene rings is 2. The molecule has 3 aliphatic rings. The third kappa shape index (κ3) is 3.46. The van der Waals surface area contributed by atoms with Crippen LogP contribution in [0.4, 0.5) is 0 Å². The Hall–Kier alpha value is -1.34. The van der Waals surface area contributed by atoms with Crippen molar-refractivity contribution in [2.45, 2.75) is 62.4 Å². The number of piperidine rings is 1. The van der Waals surface area contributed by atoms with Crippen LogP contribution in [0.15, 0.2) is 60.7 Å². The largest absolute Gasteiger partial charge is 1.00 e. The van der Waals surface area contributed by atoms with Gasteiger partial charge in [0, 0.05) is 18.7 Å². The third-order valence-corrected chi connectivity index (χ3v) is 9.47. The lowest BCUT2D eigenvalue weighted by atomic mass is 9.51. The van der Waals surface area contributed by atoms with Crippen molar-refractivity contribution in [3.63, 3.8) is 0 Å². The summed E-state index contributed by atoms with van der Waals surface area (Å²) in [5.74, 6) is 1.39. The van der Waals surface area contributed by atoms with Crippen LogP contribution in [0.25, 0.3) is 0 Å². The molecule has 5 atom stereocenters. The molecule has 2 aliphatic carbocycles. The molecule has 0 amide bonds. The highest BCUT2D eigenvalue weighted by Gasteiger charge is 2.77. The van der Waals surface area contributed by atoms with Crippen molar-refractivity contribution in [2.75, 3.05) is 19.5 Å². The number of nitrogens with zero attached hydrogens (tertiary/aromatic N) is 2. The second-order valence-corrected chi connectivity index (χ2v) is 10.9. The highest BCUT2D eigenvalue weighted by Crippen LogP contribution is 2.70. The molecule has 2 saturated carbocycles. The lowest BCUT2D eigenvalue weighted by molar-refractivity contribution is -1.03. The monoisotopic (exact) mass is 512 g/mol. The number of alkyl halides is 1. The van der Waals surface area contributed by atoms with Gasteiger partial charge in [0.15, 0.2) is 0 Å². The van der Waals surface area contributed by atoms with Gasteiger partial charge in [-0.3, -0.25) is 0 Å². The Bertz CT molecular complexity index is 919. The summed E-state index contributed by atoms with van der Waals surface area (Å²) in [6.07, 6.45) is 8.68. The number of rotatable bonds is 8. The summed E-state index contributed by atoms with van der Waals surface area (Å²) in [5, 5.41) is 10.6. The SMILES string of the molecule is C[N+]1(CCCCCl)[C@H]2CCC23C[C@@H](CC(C#N)(c2ccccc2)c2ccccc2)C[C@@H]31.[Br-]. The van der Waals surface area contributed by atoms with Gasteiger partial charge >= 0.3 is 0 Å². The number of halogens is 2. The van der Waals surface area contributed by atoms with Gasteiger partial charge in [0.2, 0.25) is 0 Å². The summed E-state index contributed by atoms with van der Waals surface area (Å²) in [6.45, 7) is 1.28. The molecule has 0 radical (unpaired) electrons. The molecule has 3 fully saturated rings. The van der Waals surface area contributed by atoms with Gasteiger partial charge in [-0.2, -0.15) is 5.26 Å². The highest BCUT2D eigenvalue weighted by molar-refractivity contribution is 6.17. The van der Waals surface area contributed by atoms with Crippen molar-refractivity contribution < 1.29 is 21.5 Å². The molecule has 0 bridgehead atoms. The molecule has 2 nitrogen and oxygen atoms in total. The first-order chi connectivity index (χ1) is 15.1. The summed E-state index contributed by atoms with van der Waals surface area (Å²) in [7, 11) is 2.51. The predicted octanol–water partition coefficient (Wildman–Crippen LogP) is 3.30. The first-order valence-corrected chi connectivity index (χ1v) is 12.6. The molecular formula is C28H34BrClN2. The minimum absolute atomic E-state index is 0. The van der Waals surface area contributed by atoms with E-state index in [1.807, 2.05) is 12.1 Å². The maximum absolute atomic E-state index is 10.6. The average Bonchev–Trinajstić information content (AvgIpc) is 3.19. The first-order valence-electron chi connectivity index (χ1n) is 12.0. The predicted molar refractivity (Wildman–Crippen MR) is 127 cm³/mol. The van der Waals surface area contributed by atoms with E-state index in [0.29, 0.717) is 11.3 Å². The van der Waals surface area contributed by atoms with Crippen LogP contribution >= 0.6 is 11.6 Å².